The number of nitrogen functional groups attached to an aromatic ring is 1. The summed E-state index contributed by atoms with van der Waals surface area (Å²) in [5.41, 5.74) is 8.95. The molecule has 0 fully saturated rings. The molecule has 0 saturated heterocycles. The maximum absolute atomic E-state index is 5.81. The molecule has 3 heterocycles. The fourth-order valence-electron chi connectivity index (χ4n) is 2.55. The first-order valence-electron chi connectivity index (χ1n) is 7.57. The van der Waals surface area contributed by atoms with Gasteiger partial charge < -0.3 is 20.9 Å². The van der Waals surface area contributed by atoms with E-state index in [2.05, 4.69) is 30.9 Å². The van der Waals surface area contributed by atoms with Crippen LogP contribution in [0, 0.1) is 0 Å². The van der Waals surface area contributed by atoms with Gasteiger partial charge in [-0.3, -0.25) is 4.98 Å². The number of anilines is 2. The zero-order valence-electron chi connectivity index (χ0n) is 13.2. The second-order valence-corrected chi connectivity index (χ2v) is 5.12. The van der Waals surface area contributed by atoms with Crippen molar-refractivity contribution >= 4 is 22.5 Å². The SMILES string of the molecule is CCn1c(-c2nonc2N)nc2cncc(NCCCNC)c21. The molecular weight excluding hydrogens is 296 g/mol. The Kier molecular flexibility index (Phi) is 4.38. The fraction of sp³-hybridized carbons (Fsp3) is 0.429. The standard InChI is InChI=1S/C14H20N8O/c1-3-22-12-9(18-6-4-5-16-2)7-17-8-10(12)19-14(22)11-13(15)21-23-20-11/h7-8,16,18H,3-6H2,1-2H3,(H2,15,21). The van der Waals surface area contributed by atoms with Crippen molar-refractivity contribution in [3.05, 3.63) is 12.4 Å². The molecule has 3 rings (SSSR count). The van der Waals surface area contributed by atoms with Gasteiger partial charge in [0, 0.05) is 13.1 Å². The van der Waals surface area contributed by atoms with Crippen LogP contribution in [0.15, 0.2) is 17.0 Å². The van der Waals surface area contributed by atoms with E-state index in [1.165, 1.54) is 0 Å². The number of hydrogen-bond acceptors (Lipinski definition) is 8. The third-order valence-electron chi connectivity index (χ3n) is 3.61. The van der Waals surface area contributed by atoms with Crippen molar-refractivity contribution in [2.75, 3.05) is 31.2 Å². The summed E-state index contributed by atoms with van der Waals surface area (Å²) in [7, 11) is 1.94. The molecule has 0 aliphatic heterocycles. The summed E-state index contributed by atoms with van der Waals surface area (Å²) in [6, 6.07) is 0. The van der Waals surface area contributed by atoms with Crippen molar-refractivity contribution in [1.82, 2.24) is 30.2 Å². The van der Waals surface area contributed by atoms with Gasteiger partial charge in [-0.25, -0.2) is 9.61 Å². The highest BCUT2D eigenvalue weighted by molar-refractivity contribution is 5.90. The number of hydrogen-bond donors (Lipinski definition) is 3. The number of nitrogens with two attached hydrogens (primary N) is 1. The summed E-state index contributed by atoms with van der Waals surface area (Å²) in [4.78, 5) is 8.86. The number of rotatable bonds is 7. The van der Waals surface area contributed by atoms with Crippen LogP contribution in [0.5, 0.6) is 0 Å². The van der Waals surface area contributed by atoms with Gasteiger partial charge in [0.25, 0.3) is 0 Å². The van der Waals surface area contributed by atoms with E-state index in [4.69, 9.17) is 10.4 Å². The summed E-state index contributed by atoms with van der Waals surface area (Å²) in [6.07, 6.45) is 4.55. The molecule has 0 bridgehead atoms. The maximum atomic E-state index is 5.81. The number of aromatic nitrogens is 5. The van der Waals surface area contributed by atoms with Crippen LogP contribution in [0.2, 0.25) is 0 Å². The molecule has 9 heteroatoms. The maximum Gasteiger partial charge on any atom is 0.199 e. The van der Waals surface area contributed by atoms with Crippen molar-refractivity contribution < 1.29 is 4.63 Å². The van der Waals surface area contributed by atoms with E-state index < -0.39 is 0 Å². The van der Waals surface area contributed by atoms with Crippen LogP contribution < -0.4 is 16.4 Å². The summed E-state index contributed by atoms with van der Waals surface area (Å²) < 4.78 is 6.74. The van der Waals surface area contributed by atoms with E-state index in [0.717, 1.165) is 36.2 Å². The Balaban J connectivity index is 2.03. The number of nitrogens with zero attached hydrogens (tertiary/aromatic N) is 5. The van der Waals surface area contributed by atoms with Crippen molar-refractivity contribution in [1.29, 1.82) is 0 Å². The molecular formula is C14H20N8O. The minimum absolute atomic E-state index is 0.228. The predicted octanol–water partition coefficient (Wildman–Crippen LogP) is 1.10. The van der Waals surface area contributed by atoms with Gasteiger partial charge in [-0.15, -0.1) is 0 Å². The van der Waals surface area contributed by atoms with Gasteiger partial charge in [-0.2, -0.15) is 0 Å². The predicted molar refractivity (Wildman–Crippen MR) is 87.9 cm³/mol. The first-order valence-corrected chi connectivity index (χ1v) is 7.57. The molecule has 0 spiro atoms. The minimum atomic E-state index is 0.228. The Morgan fingerprint density at radius 1 is 1.26 bits per heavy atom. The van der Waals surface area contributed by atoms with E-state index in [1.54, 1.807) is 6.20 Å². The van der Waals surface area contributed by atoms with Crippen LogP contribution in [-0.4, -0.2) is 45.0 Å². The number of pyridine rings is 1. The molecule has 9 nitrogen and oxygen atoms in total. The van der Waals surface area contributed by atoms with Gasteiger partial charge in [-0.05, 0) is 37.3 Å². The molecule has 3 aromatic heterocycles. The fourth-order valence-corrected chi connectivity index (χ4v) is 2.55. The van der Waals surface area contributed by atoms with Crippen molar-refractivity contribution in [2.24, 2.45) is 0 Å². The van der Waals surface area contributed by atoms with Gasteiger partial charge in [0.15, 0.2) is 17.3 Å². The smallest absolute Gasteiger partial charge is 0.199 e. The van der Waals surface area contributed by atoms with Crippen molar-refractivity contribution in [2.45, 2.75) is 19.9 Å². The third-order valence-corrected chi connectivity index (χ3v) is 3.61. The Bertz CT molecular complexity index is 793. The van der Waals surface area contributed by atoms with Crippen molar-refractivity contribution in [3.63, 3.8) is 0 Å². The normalized spacial score (nSPS) is 11.2. The van der Waals surface area contributed by atoms with Gasteiger partial charge in [0.1, 0.15) is 5.52 Å². The summed E-state index contributed by atoms with van der Waals surface area (Å²) in [5, 5.41) is 14.0. The lowest BCUT2D eigenvalue weighted by molar-refractivity contribution is 0.310. The first-order chi connectivity index (χ1) is 11.3. The molecule has 0 radical (unpaired) electrons. The highest BCUT2D eigenvalue weighted by atomic mass is 16.6. The van der Waals surface area contributed by atoms with Gasteiger partial charge in [0.2, 0.25) is 0 Å². The summed E-state index contributed by atoms with van der Waals surface area (Å²) in [6.45, 7) is 4.56. The summed E-state index contributed by atoms with van der Waals surface area (Å²) in [5.74, 6) is 0.860. The van der Waals surface area contributed by atoms with Crippen molar-refractivity contribution in [3.8, 4) is 11.5 Å². The van der Waals surface area contributed by atoms with E-state index in [-0.39, 0.29) is 5.82 Å². The second-order valence-electron chi connectivity index (χ2n) is 5.12. The van der Waals surface area contributed by atoms with Gasteiger partial charge >= 0.3 is 0 Å². The Morgan fingerprint density at radius 2 is 2.13 bits per heavy atom. The average Bonchev–Trinajstić information content (AvgIpc) is 3.14. The highest BCUT2D eigenvalue weighted by Crippen LogP contribution is 2.30. The lowest BCUT2D eigenvalue weighted by Gasteiger charge is -2.10. The Morgan fingerprint density at radius 3 is 2.83 bits per heavy atom. The molecule has 3 aromatic rings. The molecule has 0 unspecified atom stereocenters. The van der Waals surface area contributed by atoms with E-state index in [9.17, 15) is 0 Å². The lowest BCUT2D eigenvalue weighted by atomic mass is 10.3. The molecule has 0 aliphatic rings. The molecule has 0 saturated carbocycles. The van der Waals surface area contributed by atoms with E-state index >= 15 is 0 Å². The second kappa shape index (κ2) is 6.61. The topological polar surface area (TPSA) is 120 Å². The summed E-state index contributed by atoms with van der Waals surface area (Å²) >= 11 is 0. The molecule has 0 aromatic carbocycles. The van der Waals surface area contributed by atoms with Crippen LogP contribution >= 0.6 is 0 Å². The molecule has 0 atom stereocenters. The average molecular weight is 316 g/mol. The number of aryl methyl sites for hydroxylation is 1. The molecule has 23 heavy (non-hydrogen) atoms. The number of nitrogens with one attached hydrogen (secondary N) is 2. The number of imidazole rings is 1. The molecule has 0 aliphatic carbocycles. The minimum Gasteiger partial charge on any atom is -0.382 e. The molecule has 0 amide bonds. The lowest BCUT2D eigenvalue weighted by Crippen LogP contribution is -2.13. The van der Waals surface area contributed by atoms with Gasteiger partial charge in [0.05, 0.1) is 23.6 Å². The first kappa shape index (κ1) is 15.2. The van der Waals surface area contributed by atoms with Crippen LogP contribution in [0.3, 0.4) is 0 Å². The largest absolute Gasteiger partial charge is 0.382 e. The van der Waals surface area contributed by atoms with Crippen LogP contribution in [0.25, 0.3) is 22.6 Å². The van der Waals surface area contributed by atoms with Crippen LogP contribution in [0.1, 0.15) is 13.3 Å². The molecule has 4 N–H and O–H groups in total. The highest BCUT2D eigenvalue weighted by Gasteiger charge is 2.20. The molecule has 122 valence electrons. The van der Waals surface area contributed by atoms with Crippen LogP contribution in [0.4, 0.5) is 11.5 Å². The number of fused-ring (bicyclic) bond motifs is 1. The zero-order valence-corrected chi connectivity index (χ0v) is 13.2. The third kappa shape index (κ3) is 2.82. The van der Waals surface area contributed by atoms with E-state index in [1.807, 2.05) is 24.7 Å². The van der Waals surface area contributed by atoms with Gasteiger partial charge in [-0.1, -0.05) is 0 Å². The quantitative estimate of drug-likeness (QED) is 0.554. The zero-order chi connectivity index (χ0) is 16.2. The Labute approximate surface area is 133 Å². The Hall–Kier alpha value is -2.68. The monoisotopic (exact) mass is 316 g/mol. The van der Waals surface area contributed by atoms with Crippen LogP contribution in [-0.2, 0) is 6.54 Å². The van der Waals surface area contributed by atoms with E-state index in [0.29, 0.717) is 18.1 Å².